The molecule has 0 aromatic heterocycles. The summed E-state index contributed by atoms with van der Waals surface area (Å²) in [5.74, 6) is -3.15. The summed E-state index contributed by atoms with van der Waals surface area (Å²) in [4.78, 5) is 51.1. The maximum Gasteiger partial charge on any atom is 0.335 e. The number of rotatable bonds is 51. The van der Waals surface area contributed by atoms with E-state index in [4.69, 9.17) is 23.7 Å². The molecule has 1 aliphatic heterocycles. The topological polar surface area (TPSA) is 175 Å². The molecule has 0 bridgehead atoms. The van der Waals surface area contributed by atoms with Gasteiger partial charge in [0.25, 0.3) is 0 Å². The molecule has 0 spiro atoms. The number of aliphatic hydroxyl groups excluding tert-OH is 2. The number of carboxylic acid groups (broad SMARTS) is 1. The van der Waals surface area contributed by atoms with E-state index < -0.39 is 67.3 Å². The number of carboxylic acids is 1. The van der Waals surface area contributed by atoms with Crippen molar-refractivity contribution in [3.05, 3.63) is 60.8 Å². The zero-order valence-electron chi connectivity index (χ0n) is 47.5. The standard InChI is InChI=1S/C63H108O12/c1-4-7-10-13-16-19-22-25-27-28-30-32-34-37-40-43-46-49-55(64)71-52-54(73-56(65)50-47-44-41-38-36-33-29-26-23-20-17-14-11-8-5-2)53-72-63-61(59(68)58(67)60(75-63)62(69)70)74-57(66)51-48-45-42-39-35-31-24-21-18-15-12-9-6-3/h7,10,16,19,21,24-25,27,30,32,54,58-61,63,67-68H,4-6,8-9,11-15,17-18,20,22-23,26,28-29,31,33-53H2,1-3H3,(H,69,70)/b10-7-,19-16-,24-21-,27-25-,32-30-. The predicted octanol–water partition coefficient (Wildman–Crippen LogP) is 15.6. The highest BCUT2D eigenvalue weighted by Crippen LogP contribution is 2.26. The van der Waals surface area contributed by atoms with E-state index in [1.807, 2.05) is 0 Å². The Morgan fingerprint density at radius 3 is 1.31 bits per heavy atom. The number of carbonyl (C=O) groups excluding carboxylic acids is 3. The van der Waals surface area contributed by atoms with E-state index in [0.717, 1.165) is 109 Å². The lowest BCUT2D eigenvalue weighted by molar-refractivity contribution is -0.301. The second kappa shape index (κ2) is 51.2. The molecule has 432 valence electrons. The SMILES string of the molecule is CC/C=C\C/C=C\C/C=C\C/C=C\CCCCCCC(=O)OCC(COC1OC(C(=O)O)C(O)C(O)C1OC(=O)CCCCCCC/C=C\CCCCCC)OC(=O)CCCCCCCCCCCCCCCCC. The quantitative estimate of drug-likeness (QED) is 0.0228. The molecule has 75 heavy (non-hydrogen) atoms. The highest BCUT2D eigenvalue weighted by Gasteiger charge is 2.50. The van der Waals surface area contributed by atoms with Crippen molar-refractivity contribution in [2.75, 3.05) is 13.2 Å². The van der Waals surface area contributed by atoms with E-state index in [1.165, 1.54) is 96.3 Å². The fraction of sp³-hybridized carbons (Fsp3) is 0.778. The van der Waals surface area contributed by atoms with Crippen LogP contribution < -0.4 is 0 Å². The van der Waals surface area contributed by atoms with Crippen LogP contribution in [0.3, 0.4) is 0 Å². The van der Waals surface area contributed by atoms with Crippen molar-refractivity contribution in [1.82, 2.24) is 0 Å². The van der Waals surface area contributed by atoms with Crippen LogP contribution in [-0.2, 0) is 42.9 Å². The summed E-state index contributed by atoms with van der Waals surface area (Å²) in [5, 5.41) is 31.5. The number of hydrogen-bond acceptors (Lipinski definition) is 11. The van der Waals surface area contributed by atoms with Gasteiger partial charge in [-0.2, -0.15) is 0 Å². The lowest BCUT2D eigenvalue weighted by atomic mass is 9.98. The summed E-state index contributed by atoms with van der Waals surface area (Å²) in [6, 6.07) is 0. The smallest absolute Gasteiger partial charge is 0.335 e. The Bertz CT molecular complexity index is 1540. The van der Waals surface area contributed by atoms with Crippen molar-refractivity contribution in [3.63, 3.8) is 0 Å². The van der Waals surface area contributed by atoms with Gasteiger partial charge in [0.1, 0.15) is 18.8 Å². The van der Waals surface area contributed by atoms with Crippen LogP contribution in [-0.4, -0.2) is 89.2 Å². The van der Waals surface area contributed by atoms with E-state index in [0.29, 0.717) is 19.3 Å². The number of esters is 3. The number of unbranched alkanes of at least 4 members (excludes halogenated alkanes) is 27. The minimum absolute atomic E-state index is 0.0485. The molecule has 0 radical (unpaired) electrons. The largest absolute Gasteiger partial charge is 0.479 e. The van der Waals surface area contributed by atoms with Crippen LogP contribution in [0.15, 0.2) is 60.8 Å². The van der Waals surface area contributed by atoms with Crippen molar-refractivity contribution >= 4 is 23.9 Å². The van der Waals surface area contributed by atoms with E-state index in [1.54, 1.807) is 0 Å². The number of hydrogen-bond donors (Lipinski definition) is 3. The molecule has 3 N–H and O–H groups in total. The third-order valence-corrected chi connectivity index (χ3v) is 13.6. The maximum atomic E-state index is 13.2. The summed E-state index contributed by atoms with van der Waals surface area (Å²) in [5.41, 5.74) is 0. The molecule has 1 aliphatic rings. The van der Waals surface area contributed by atoms with Gasteiger partial charge in [-0.25, -0.2) is 4.79 Å². The molecule has 1 rings (SSSR count). The molecule has 1 fully saturated rings. The highest BCUT2D eigenvalue weighted by molar-refractivity contribution is 5.74. The number of aliphatic hydroxyl groups is 2. The van der Waals surface area contributed by atoms with Gasteiger partial charge < -0.3 is 39.0 Å². The Morgan fingerprint density at radius 2 is 0.840 bits per heavy atom. The molecule has 12 nitrogen and oxygen atoms in total. The van der Waals surface area contributed by atoms with Gasteiger partial charge in [-0.3, -0.25) is 14.4 Å². The third kappa shape index (κ3) is 41.2. The summed E-state index contributed by atoms with van der Waals surface area (Å²) in [6.07, 6.45) is 50.4. The van der Waals surface area contributed by atoms with Gasteiger partial charge in [-0.05, 0) is 83.5 Å². The Balaban J connectivity index is 2.70. The van der Waals surface area contributed by atoms with Crippen LogP contribution >= 0.6 is 0 Å². The van der Waals surface area contributed by atoms with Crippen molar-refractivity contribution in [2.24, 2.45) is 0 Å². The van der Waals surface area contributed by atoms with Crippen molar-refractivity contribution in [2.45, 2.75) is 302 Å². The second-order valence-electron chi connectivity index (χ2n) is 20.6. The first-order valence-electron chi connectivity index (χ1n) is 30.3. The fourth-order valence-electron chi connectivity index (χ4n) is 8.94. The van der Waals surface area contributed by atoms with Crippen LogP contribution in [0.2, 0.25) is 0 Å². The van der Waals surface area contributed by atoms with Crippen LogP contribution in [0.4, 0.5) is 0 Å². The monoisotopic (exact) mass is 1060 g/mol. The first-order chi connectivity index (χ1) is 36.6. The van der Waals surface area contributed by atoms with E-state index in [2.05, 4.69) is 81.5 Å². The number of allylic oxidation sites excluding steroid dienone is 10. The molecule has 1 saturated heterocycles. The number of aliphatic carboxylic acids is 1. The summed E-state index contributed by atoms with van der Waals surface area (Å²) in [7, 11) is 0. The van der Waals surface area contributed by atoms with E-state index in [9.17, 15) is 34.5 Å². The van der Waals surface area contributed by atoms with Gasteiger partial charge in [-0.15, -0.1) is 0 Å². The van der Waals surface area contributed by atoms with Crippen LogP contribution in [0.5, 0.6) is 0 Å². The van der Waals surface area contributed by atoms with E-state index in [-0.39, 0.29) is 25.9 Å². The van der Waals surface area contributed by atoms with Crippen LogP contribution in [0, 0.1) is 0 Å². The molecular formula is C63H108O12. The van der Waals surface area contributed by atoms with Gasteiger partial charge in [0.2, 0.25) is 0 Å². The average molecular weight is 1060 g/mol. The molecule has 1 heterocycles. The molecule has 0 amide bonds. The second-order valence-corrected chi connectivity index (χ2v) is 20.6. The molecule has 0 saturated carbocycles. The average Bonchev–Trinajstić information content (AvgIpc) is 3.39. The number of ether oxygens (including phenoxy) is 5. The molecular weight excluding hydrogens is 949 g/mol. The Hall–Kier alpha value is -3.58. The summed E-state index contributed by atoms with van der Waals surface area (Å²) < 4.78 is 28.4. The van der Waals surface area contributed by atoms with Gasteiger partial charge in [-0.1, -0.05) is 223 Å². The maximum absolute atomic E-state index is 13.2. The minimum Gasteiger partial charge on any atom is -0.479 e. The van der Waals surface area contributed by atoms with Crippen LogP contribution in [0.1, 0.15) is 265 Å². The van der Waals surface area contributed by atoms with Gasteiger partial charge in [0, 0.05) is 19.3 Å². The van der Waals surface area contributed by atoms with Gasteiger partial charge in [0.15, 0.2) is 24.6 Å². The Labute approximate surface area is 456 Å². The Morgan fingerprint density at radius 1 is 0.453 bits per heavy atom. The molecule has 6 atom stereocenters. The lowest BCUT2D eigenvalue weighted by Gasteiger charge is -2.40. The summed E-state index contributed by atoms with van der Waals surface area (Å²) >= 11 is 0. The molecule has 0 aliphatic carbocycles. The van der Waals surface area contributed by atoms with Crippen molar-refractivity contribution in [3.8, 4) is 0 Å². The molecule has 6 unspecified atom stereocenters. The molecule has 0 aromatic rings. The summed E-state index contributed by atoms with van der Waals surface area (Å²) in [6.45, 7) is 5.85. The molecule has 0 aromatic carbocycles. The first-order valence-corrected chi connectivity index (χ1v) is 30.3. The minimum atomic E-state index is -1.91. The fourth-order valence-corrected chi connectivity index (χ4v) is 8.94. The normalized spacial score (nSPS) is 18.5. The highest BCUT2D eigenvalue weighted by atomic mass is 16.7. The zero-order valence-corrected chi connectivity index (χ0v) is 47.5. The first kappa shape index (κ1) is 69.4. The predicted molar refractivity (Wildman–Crippen MR) is 303 cm³/mol. The van der Waals surface area contributed by atoms with Crippen molar-refractivity contribution < 1.29 is 58.2 Å². The number of carbonyl (C=O) groups is 4. The lowest BCUT2D eigenvalue weighted by Crippen LogP contribution is -2.61. The van der Waals surface area contributed by atoms with Crippen molar-refractivity contribution in [1.29, 1.82) is 0 Å². The zero-order chi connectivity index (χ0) is 54.7. The van der Waals surface area contributed by atoms with E-state index >= 15 is 0 Å². The van der Waals surface area contributed by atoms with Crippen LogP contribution in [0.25, 0.3) is 0 Å². The van der Waals surface area contributed by atoms with Gasteiger partial charge in [0.05, 0.1) is 6.61 Å². The molecule has 12 heteroatoms. The van der Waals surface area contributed by atoms with Gasteiger partial charge >= 0.3 is 23.9 Å². The Kier molecular flexibility index (Phi) is 47.4. The third-order valence-electron chi connectivity index (χ3n) is 13.6.